The highest BCUT2D eigenvalue weighted by molar-refractivity contribution is 6.30. The van der Waals surface area contributed by atoms with Crippen molar-refractivity contribution < 1.29 is 14.5 Å². The molecule has 0 spiro atoms. The summed E-state index contributed by atoms with van der Waals surface area (Å²) in [7, 11) is 0. The highest BCUT2D eigenvalue weighted by Gasteiger charge is 2.49. The average molecular weight is 321 g/mol. The van der Waals surface area contributed by atoms with Crippen LogP contribution in [-0.2, 0) is 9.59 Å². The number of carbonyl (C=O) groups excluding carboxylic acids is 2. The maximum Gasteiger partial charge on any atom is 0.274 e. The van der Waals surface area contributed by atoms with Gasteiger partial charge < -0.3 is 0 Å². The largest absolute Gasteiger partial charge is 0.274 e. The van der Waals surface area contributed by atoms with Crippen LogP contribution in [0.5, 0.6) is 0 Å². The number of hydrogen-bond acceptors (Lipinski definition) is 4. The Kier molecular flexibility index (Phi) is 3.48. The Bertz CT molecular complexity index is 728. The van der Waals surface area contributed by atoms with Gasteiger partial charge in [0.05, 0.1) is 22.4 Å². The van der Waals surface area contributed by atoms with Gasteiger partial charge in [-0.15, -0.1) is 0 Å². The van der Waals surface area contributed by atoms with Gasteiger partial charge in [0.1, 0.15) is 0 Å². The number of fused-ring (bicyclic) bond motifs is 1. The molecule has 3 rings (SSSR count). The number of nitrogens with zero attached hydrogens (tertiary/aromatic N) is 2. The molecular formula is C15H13ClN2O4. The maximum absolute atomic E-state index is 12.5. The van der Waals surface area contributed by atoms with Gasteiger partial charge in [-0.3, -0.25) is 19.7 Å². The van der Waals surface area contributed by atoms with E-state index in [2.05, 4.69) is 0 Å². The smallest absolute Gasteiger partial charge is 0.274 e. The first-order valence-electron chi connectivity index (χ1n) is 6.87. The number of nitro groups is 1. The van der Waals surface area contributed by atoms with E-state index < -0.39 is 16.8 Å². The third kappa shape index (κ3) is 2.20. The van der Waals surface area contributed by atoms with Crippen LogP contribution in [0.25, 0.3) is 0 Å². The van der Waals surface area contributed by atoms with E-state index in [4.69, 9.17) is 11.6 Å². The fourth-order valence-electron chi connectivity index (χ4n) is 3.02. The number of anilines is 1. The Morgan fingerprint density at radius 3 is 2.64 bits per heavy atom. The molecule has 114 valence electrons. The number of carbonyl (C=O) groups is 2. The van der Waals surface area contributed by atoms with Crippen LogP contribution in [0.2, 0.25) is 0 Å². The zero-order valence-electron chi connectivity index (χ0n) is 11.8. The van der Waals surface area contributed by atoms with E-state index in [0.717, 1.165) is 4.90 Å². The first kappa shape index (κ1) is 14.7. The van der Waals surface area contributed by atoms with Crippen molar-refractivity contribution >= 4 is 34.8 Å². The number of allylic oxidation sites excluding steroid dienone is 2. The molecule has 0 radical (unpaired) electrons. The lowest BCUT2D eigenvalue weighted by atomic mass is 9.85. The van der Waals surface area contributed by atoms with Gasteiger partial charge in [-0.2, -0.15) is 0 Å². The quantitative estimate of drug-likeness (QED) is 0.476. The molecule has 1 aromatic rings. The van der Waals surface area contributed by atoms with Gasteiger partial charge in [0.2, 0.25) is 11.8 Å². The second-order valence-electron chi connectivity index (χ2n) is 5.54. The molecule has 2 aliphatic rings. The van der Waals surface area contributed by atoms with Gasteiger partial charge in [0, 0.05) is 16.7 Å². The van der Waals surface area contributed by atoms with E-state index in [-0.39, 0.29) is 23.2 Å². The third-order valence-corrected chi connectivity index (χ3v) is 4.53. The molecule has 0 saturated carbocycles. The lowest BCUT2D eigenvalue weighted by molar-refractivity contribution is -0.385. The van der Waals surface area contributed by atoms with Gasteiger partial charge in [-0.25, -0.2) is 4.90 Å². The molecular weight excluding hydrogens is 308 g/mol. The van der Waals surface area contributed by atoms with Gasteiger partial charge in [0.25, 0.3) is 5.69 Å². The van der Waals surface area contributed by atoms with Crippen molar-refractivity contribution in [3.63, 3.8) is 0 Å². The second kappa shape index (κ2) is 5.21. The molecule has 1 heterocycles. The Morgan fingerprint density at radius 2 is 1.95 bits per heavy atom. The number of halogens is 1. The van der Waals surface area contributed by atoms with Gasteiger partial charge in [-0.1, -0.05) is 23.7 Å². The fourth-order valence-corrected chi connectivity index (χ4v) is 3.27. The molecule has 0 N–H and O–H groups in total. The van der Waals surface area contributed by atoms with E-state index in [1.165, 1.54) is 6.07 Å². The first-order valence-corrected chi connectivity index (χ1v) is 7.25. The molecule has 1 saturated heterocycles. The van der Waals surface area contributed by atoms with Crippen LogP contribution in [0.4, 0.5) is 11.4 Å². The third-order valence-electron chi connectivity index (χ3n) is 4.22. The molecule has 2 amide bonds. The summed E-state index contributed by atoms with van der Waals surface area (Å²) < 4.78 is 0. The Hall–Kier alpha value is -2.21. The summed E-state index contributed by atoms with van der Waals surface area (Å²) in [5, 5.41) is 11.6. The summed E-state index contributed by atoms with van der Waals surface area (Å²) in [6.07, 6.45) is 2.54. The molecule has 1 aliphatic heterocycles. The minimum atomic E-state index is -0.519. The van der Waals surface area contributed by atoms with E-state index >= 15 is 0 Å². The predicted octanol–water partition coefficient (Wildman–Crippen LogP) is 2.93. The number of benzene rings is 1. The van der Waals surface area contributed by atoms with E-state index in [1.54, 1.807) is 25.1 Å². The van der Waals surface area contributed by atoms with Crippen molar-refractivity contribution in [2.45, 2.75) is 19.8 Å². The highest BCUT2D eigenvalue weighted by atomic mass is 35.5. The number of rotatable bonds is 2. The summed E-state index contributed by atoms with van der Waals surface area (Å²) in [5.74, 6) is -1.53. The monoisotopic (exact) mass is 320 g/mol. The Balaban J connectivity index is 2.00. The van der Waals surface area contributed by atoms with Crippen LogP contribution in [0.3, 0.4) is 0 Å². The molecule has 2 atom stereocenters. The average Bonchev–Trinajstić information content (AvgIpc) is 2.71. The molecule has 22 heavy (non-hydrogen) atoms. The van der Waals surface area contributed by atoms with Crippen LogP contribution in [0.15, 0.2) is 29.3 Å². The van der Waals surface area contributed by atoms with E-state index in [1.807, 2.05) is 0 Å². The van der Waals surface area contributed by atoms with Gasteiger partial charge in [-0.05, 0) is 25.8 Å². The van der Waals surface area contributed by atoms with Crippen molar-refractivity contribution in [1.29, 1.82) is 0 Å². The number of aryl methyl sites for hydroxylation is 1. The number of imide groups is 1. The second-order valence-corrected chi connectivity index (χ2v) is 6.03. The zero-order chi connectivity index (χ0) is 16.0. The van der Waals surface area contributed by atoms with Crippen molar-refractivity contribution in [2.75, 3.05) is 4.90 Å². The van der Waals surface area contributed by atoms with Crippen LogP contribution >= 0.6 is 11.6 Å². The summed E-state index contributed by atoms with van der Waals surface area (Å²) in [5.41, 5.74) is 0.622. The summed E-state index contributed by atoms with van der Waals surface area (Å²) in [4.78, 5) is 36.6. The minimum Gasteiger partial charge on any atom is -0.274 e. The van der Waals surface area contributed by atoms with E-state index in [0.29, 0.717) is 23.4 Å². The molecule has 0 aromatic heterocycles. The number of nitro benzene ring substituents is 1. The number of hydrogen-bond donors (Lipinski definition) is 0. The first-order chi connectivity index (χ1) is 10.4. The normalized spacial score (nSPS) is 24.3. The van der Waals surface area contributed by atoms with Crippen LogP contribution in [0.1, 0.15) is 18.4 Å². The topological polar surface area (TPSA) is 80.5 Å². The molecule has 7 heteroatoms. The van der Waals surface area contributed by atoms with Gasteiger partial charge in [0.15, 0.2) is 0 Å². The SMILES string of the molecule is Cc1ccc(N2C(=O)[C@H]3CC=C(Cl)C[C@@H]3C2=O)cc1[N+](=O)[O-]. The van der Waals surface area contributed by atoms with Gasteiger partial charge >= 0.3 is 0 Å². The fraction of sp³-hybridized carbons (Fsp3) is 0.333. The van der Waals surface area contributed by atoms with Crippen LogP contribution in [0, 0.1) is 28.9 Å². The van der Waals surface area contributed by atoms with E-state index in [9.17, 15) is 19.7 Å². The lowest BCUT2D eigenvalue weighted by Crippen LogP contribution is -2.30. The standard InChI is InChI=1S/C15H13ClN2O4/c1-8-2-4-10(7-13(8)18(21)22)17-14(19)11-5-3-9(16)6-12(11)15(17)20/h2-4,7,11-12H,5-6H2,1H3/t11-,12-/m0/s1. The van der Waals surface area contributed by atoms with Crippen molar-refractivity contribution in [1.82, 2.24) is 0 Å². The summed E-state index contributed by atoms with van der Waals surface area (Å²) in [6, 6.07) is 4.38. The molecule has 1 aromatic carbocycles. The van der Waals surface area contributed by atoms with Crippen molar-refractivity contribution in [3.05, 3.63) is 45.0 Å². The Morgan fingerprint density at radius 1 is 1.27 bits per heavy atom. The maximum atomic E-state index is 12.5. The predicted molar refractivity (Wildman–Crippen MR) is 80.5 cm³/mol. The zero-order valence-corrected chi connectivity index (χ0v) is 12.5. The Labute approximate surface area is 131 Å². The van der Waals surface area contributed by atoms with Crippen LogP contribution < -0.4 is 4.90 Å². The molecule has 1 fully saturated rings. The molecule has 0 unspecified atom stereocenters. The van der Waals surface area contributed by atoms with Crippen LogP contribution in [-0.4, -0.2) is 16.7 Å². The minimum absolute atomic E-state index is 0.107. The molecule has 6 nitrogen and oxygen atoms in total. The van der Waals surface area contributed by atoms with Crippen molar-refractivity contribution in [3.8, 4) is 0 Å². The molecule has 1 aliphatic carbocycles. The molecule has 0 bridgehead atoms. The van der Waals surface area contributed by atoms with Crippen molar-refractivity contribution in [2.24, 2.45) is 11.8 Å². The number of amides is 2. The lowest BCUT2D eigenvalue weighted by Gasteiger charge is -2.17. The summed E-state index contributed by atoms with van der Waals surface area (Å²) in [6.45, 7) is 1.61. The summed E-state index contributed by atoms with van der Waals surface area (Å²) >= 11 is 5.97. The highest BCUT2D eigenvalue weighted by Crippen LogP contribution is 2.41.